The van der Waals surface area contributed by atoms with Gasteiger partial charge in [0, 0.05) is 23.6 Å². The molecule has 3 aromatic carbocycles. The van der Waals surface area contributed by atoms with E-state index >= 15 is 0 Å². The van der Waals surface area contributed by atoms with Crippen LogP contribution in [0.3, 0.4) is 0 Å². The molecule has 9 nitrogen and oxygen atoms in total. The maximum absolute atomic E-state index is 11.0. The van der Waals surface area contributed by atoms with Crippen LogP contribution in [0.4, 0.5) is 0 Å². The number of hydrogen-bond acceptors (Lipinski definition) is 7. The third-order valence-corrected chi connectivity index (χ3v) is 7.83. The highest BCUT2D eigenvalue weighted by atomic mass is 16.3. The molecule has 0 radical (unpaired) electrons. The molecular formula is C31H28N8O. The minimum Gasteiger partial charge on any atom is -0.491 e. The van der Waals surface area contributed by atoms with Gasteiger partial charge in [0.15, 0.2) is 5.82 Å². The van der Waals surface area contributed by atoms with Crippen LogP contribution >= 0.6 is 0 Å². The second-order valence-corrected chi connectivity index (χ2v) is 10.3. The molecule has 6 aromatic rings. The molecule has 0 bridgehead atoms. The number of nitrogens with zero attached hydrogens (tertiary/aromatic N) is 7. The third kappa shape index (κ3) is 4.39. The molecule has 9 heteroatoms. The van der Waals surface area contributed by atoms with Crippen LogP contribution in [0.2, 0.25) is 0 Å². The third-order valence-electron chi connectivity index (χ3n) is 7.83. The van der Waals surface area contributed by atoms with E-state index in [9.17, 15) is 5.11 Å². The molecule has 0 unspecified atom stereocenters. The molecule has 0 atom stereocenters. The summed E-state index contributed by atoms with van der Waals surface area (Å²) in [6, 6.07) is 26.5. The van der Waals surface area contributed by atoms with Gasteiger partial charge in [0.2, 0.25) is 0 Å². The lowest BCUT2D eigenvalue weighted by Gasteiger charge is -2.22. The Bertz CT molecular complexity index is 1760. The number of aromatic nitrogens is 8. The number of imidazole rings is 1. The van der Waals surface area contributed by atoms with Crippen molar-refractivity contribution in [3.05, 3.63) is 90.3 Å². The van der Waals surface area contributed by atoms with E-state index in [2.05, 4.69) is 65.7 Å². The predicted octanol–water partition coefficient (Wildman–Crippen LogP) is 6.14. The summed E-state index contributed by atoms with van der Waals surface area (Å²) >= 11 is 0. The fourth-order valence-electron chi connectivity index (χ4n) is 5.86. The summed E-state index contributed by atoms with van der Waals surface area (Å²) < 4.78 is 2.16. The largest absolute Gasteiger partial charge is 0.491 e. The van der Waals surface area contributed by atoms with E-state index in [-0.39, 0.29) is 5.88 Å². The number of benzene rings is 3. The zero-order valence-corrected chi connectivity index (χ0v) is 21.9. The summed E-state index contributed by atoms with van der Waals surface area (Å²) in [6.45, 7) is 0.573. The number of fused-ring (bicyclic) bond motifs is 1. The fraction of sp³-hybridized carbons (Fsp3) is 0.226. The Morgan fingerprint density at radius 3 is 2.27 bits per heavy atom. The van der Waals surface area contributed by atoms with Crippen molar-refractivity contribution >= 4 is 11.0 Å². The number of tetrazole rings is 1. The van der Waals surface area contributed by atoms with E-state index in [0.717, 1.165) is 46.5 Å². The first-order valence-electron chi connectivity index (χ1n) is 13.7. The normalized spacial score (nSPS) is 14.1. The Balaban J connectivity index is 1.30. The van der Waals surface area contributed by atoms with Crippen molar-refractivity contribution in [2.24, 2.45) is 0 Å². The van der Waals surface area contributed by atoms with Gasteiger partial charge in [-0.25, -0.2) is 10.1 Å². The lowest BCUT2D eigenvalue weighted by molar-refractivity contribution is 0.417. The second-order valence-electron chi connectivity index (χ2n) is 10.3. The van der Waals surface area contributed by atoms with E-state index in [4.69, 9.17) is 4.98 Å². The minimum absolute atomic E-state index is 0.0875. The molecule has 0 saturated heterocycles. The second kappa shape index (κ2) is 10.3. The molecule has 0 aliphatic heterocycles. The Morgan fingerprint density at radius 1 is 0.775 bits per heavy atom. The van der Waals surface area contributed by atoms with Gasteiger partial charge in [0.1, 0.15) is 22.6 Å². The van der Waals surface area contributed by atoms with Gasteiger partial charge in [-0.05, 0) is 40.0 Å². The zero-order chi connectivity index (χ0) is 26.9. The summed E-state index contributed by atoms with van der Waals surface area (Å²) in [6.07, 6.45) is 5.83. The summed E-state index contributed by atoms with van der Waals surface area (Å²) in [4.78, 5) is 5.15. The van der Waals surface area contributed by atoms with Crippen LogP contribution in [0.5, 0.6) is 5.88 Å². The van der Waals surface area contributed by atoms with Gasteiger partial charge in [-0.15, -0.1) is 15.3 Å². The van der Waals surface area contributed by atoms with Crippen molar-refractivity contribution in [2.45, 2.75) is 44.6 Å². The van der Waals surface area contributed by atoms with Crippen molar-refractivity contribution in [1.82, 2.24) is 40.4 Å². The number of hydrogen-bond donors (Lipinski definition) is 2. The van der Waals surface area contributed by atoms with Gasteiger partial charge in [0.05, 0.1) is 0 Å². The molecule has 0 spiro atoms. The lowest BCUT2D eigenvalue weighted by Crippen LogP contribution is -2.13. The van der Waals surface area contributed by atoms with E-state index in [1.165, 1.54) is 19.3 Å². The van der Waals surface area contributed by atoms with E-state index in [1.54, 1.807) is 0 Å². The predicted molar refractivity (Wildman–Crippen MR) is 152 cm³/mol. The van der Waals surface area contributed by atoms with Crippen molar-refractivity contribution in [3.8, 4) is 39.7 Å². The first kappa shape index (κ1) is 24.1. The summed E-state index contributed by atoms with van der Waals surface area (Å²) in [5.41, 5.74) is 7.13. The Kier molecular flexibility index (Phi) is 6.24. The molecular weight excluding hydrogens is 500 g/mol. The Labute approximate surface area is 231 Å². The molecule has 2 N–H and O–H groups in total. The first-order valence-corrected chi connectivity index (χ1v) is 13.7. The summed E-state index contributed by atoms with van der Waals surface area (Å²) in [5, 5.41) is 33.9. The molecule has 0 amide bonds. The van der Waals surface area contributed by atoms with Crippen LogP contribution in [-0.4, -0.2) is 45.5 Å². The molecule has 3 heterocycles. The lowest BCUT2D eigenvalue weighted by atomic mass is 9.88. The van der Waals surface area contributed by atoms with Gasteiger partial charge in [-0.2, -0.15) is 0 Å². The number of nitrogens with one attached hydrogen (secondary N) is 1. The summed E-state index contributed by atoms with van der Waals surface area (Å²) in [7, 11) is 0. The average molecular weight is 529 g/mol. The molecule has 1 saturated carbocycles. The molecule has 1 aliphatic carbocycles. The standard InChI is InChI=1S/C31H28N8O/c40-31-28-27(26(33-36-31)22-9-3-1-4-10-22)32-30(23-11-5-2-6-12-23)39(28)19-20-15-17-21(18-16-20)24-13-7-8-14-25(24)29-34-37-38-35-29/h1,3-4,7-10,13-18,23H,2,5-6,11-12,19H2,(H,36,40)(H,34,35,37,38). The maximum atomic E-state index is 11.0. The molecule has 198 valence electrons. The quantitative estimate of drug-likeness (QED) is 0.266. The Hall–Kier alpha value is -4.92. The topological polar surface area (TPSA) is 118 Å². The monoisotopic (exact) mass is 528 g/mol. The fourth-order valence-corrected chi connectivity index (χ4v) is 5.86. The van der Waals surface area contributed by atoms with Crippen LogP contribution in [0.1, 0.15) is 49.4 Å². The minimum atomic E-state index is -0.0875. The van der Waals surface area contributed by atoms with E-state index in [1.807, 2.05) is 48.5 Å². The van der Waals surface area contributed by atoms with Gasteiger partial charge < -0.3 is 9.67 Å². The highest BCUT2D eigenvalue weighted by Crippen LogP contribution is 2.38. The van der Waals surface area contributed by atoms with E-state index in [0.29, 0.717) is 35.0 Å². The highest BCUT2D eigenvalue weighted by Gasteiger charge is 2.26. The molecule has 3 aromatic heterocycles. The Morgan fingerprint density at radius 2 is 1.52 bits per heavy atom. The highest BCUT2D eigenvalue weighted by molar-refractivity contribution is 5.92. The van der Waals surface area contributed by atoms with Gasteiger partial charge in [-0.1, -0.05) is 98.1 Å². The van der Waals surface area contributed by atoms with Gasteiger partial charge in [0.25, 0.3) is 5.88 Å². The zero-order valence-electron chi connectivity index (χ0n) is 21.9. The summed E-state index contributed by atoms with van der Waals surface area (Å²) in [5.74, 6) is 1.89. The van der Waals surface area contributed by atoms with Gasteiger partial charge in [-0.3, -0.25) is 0 Å². The first-order chi connectivity index (χ1) is 19.8. The van der Waals surface area contributed by atoms with Crippen molar-refractivity contribution in [3.63, 3.8) is 0 Å². The molecule has 7 rings (SSSR count). The molecule has 40 heavy (non-hydrogen) atoms. The molecule has 1 fully saturated rings. The van der Waals surface area contributed by atoms with Crippen molar-refractivity contribution < 1.29 is 5.11 Å². The average Bonchev–Trinajstić information content (AvgIpc) is 3.68. The van der Waals surface area contributed by atoms with Crippen LogP contribution in [-0.2, 0) is 6.54 Å². The van der Waals surface area contributed by atoms with Crippen LogP contribution in [0.15, 0.2) is 78.9 Å². The van der Waals surface area contributed by atoms with Gasteiger partial charge >= 0.3 is 0 Å². The maximum Gasteiger partial charge on any atom is 0.257 e. The SMILES string of the molecule is Oc1nnc(-c2ccccc2)c2nc(C3CCCCC3)n(Cc3ccc(-c4ccccc4-c4nnn[nH]4)cc3)c12. The number of H-pyrrole nitrogens is 1. The van der Waals surface area contributed by atoms with Crippen molar-refractivity contribution in [1.29, 1.82) is 0 Å². The number of aromatic hydroxyl groups is 1. The van der Waals surface area contributed by atoms with Crippen LogP contribution in [0.25, 0.3) is 44.8 Å². The van der Waals surface area contributed by atoms with Crippen molar-refractivity contribution in [2.75, 3.05) is 0 Å². The molecule has 1 aliphatic rings. The number of rotatable bonds is 6. The van der Waals surface area contributed by atoms with E-state index < -0.39 is 0 Å². The van der Waals surface area contributed by atoms with Crippen LogP contribution in [0, 0.1) is 0 Å². The van der Waals surface area contributed by atoms with Crippen LogP contribution < -0.4 is 0 Å². The number of aromatic amines is 1. The smallest absolute Gasteiger partial charge is 0.257 e.